The molecule has 0 spiro atoms. The molecule has 0 saturated carbocycles. The number of likely N-dealkylation sites (tertiary alicyclic amines) is 1. The molecule has 1 atom stereocenters. The summed E-state index contributed by atoms with van der Waals surface area (Å²) >= 11 is 4.58. The van der Waals surface area contributed by atoms with Crippen LogP contribution in [0.3, 0.4) is 0 Å². The number of rotatable bonds is 3. The van der Waals surface area contributed by atoms with Gasteiger partial charge in [-0.3, -0.25) is 14.4 Å². The van der Waals surface area contributed by atoms with E-state index in [2.05, 4.69) is 22.3 Å². The highest BCUT2D eigenvalue weighted by Gasteiger charge is 2.34. The normalized spacial score (nSPS) is 18.3. The van der Waals surface area contributed by atoms with Crippen LogP contribution in [0, 0.1) is 5.92 Å². The molecule has 0 aromatic heterocycles. The summed E-state index contributed by atoms with van der Waals surface area (Å²) in [4.78, 5) is 35.8. The van der Waals surface area contributed by atoms with E-state index in [1.807, 2.05) is 0 Å². The van der Waals surface area contributed by atoms with E-state index in [1.165, 1.54) is 12.0 Å². The third kappa shape index (κ3) is 3.66. The van der Waals surface area contributed by atoms with Gasteiger partial charge in [0, 0.05) is 13.1 Å². The Kier molecular flexibility index (Phi) is 5.02. The zero-order valence-corrected chi connectivity index (χ0v) is 10.8. The monoisotopic (exact) mass is 273 g/mol. The summed E-state index contributed by atoms with van der Waals surface area (Å²) in [6.45, 7) is 0.541. The second-order valence-corrected chi connectivity index (χ2v) is 4.43. The summed E-state index contributed by atoms with van der Waals surface area (Å²) in [7, 11) is 1.29. The number of carbonyl (C=O) groups is 3. The van der Waals surface area contributed by atoms with E-state index < -0.39 is 11.8 Å². The Balaban J connectivity index is 2.46. The molecule has 8 heteroatoms. The maximum Gasteiger partial charge on any atom is 0.311 e. The van der Waals surface area contributed by atoms with Crippen molar-refractivity contribution < 1.29 is 19.1 Å². The van der Waals surface area contributed by atoms with Crippen molar-refractivity contribution in [2.75, 3.05) is 26.7 Å². The molecule has 3 N–H and O–H groups in total. The predicted molar refractivity (Wildman–Crippen MR) is 66.5 cm³/mol. The maximum absolute atomic E-state index is 11.7. The minimum absolute atomic E-state index is 0.0197. The Hall–Kier alpha value is -1.70. The Morgan fingerprint density at radius 1 is 1.50 bits per heavy atom. The number of hydrogen-bond donors (Lipinski definition) is 2. The highest BCUT2D eigenvalue weighted by Crippen LogP contribution is 2.17. The predicted octanol–water partition coefficient (Wildman–Crippen LogP) is -1.59. The summed E-state index contributed by atoms with van der Waals surface area (Å²) in [5.41, 5.74) is 5.20. The Morgan fingerprint density at radius 2 is 2.17 bits per heavy atom. The van der Waals surface area contributed by atoms with Crippen molar-refractivity contribution in [2.45, 2.75) is 6.42 Å². The minimum atomic E-state index is -0.770. The van der Waals surface area contributed by atoms with Crippen LogP contribution in [0.5, 0.6) is 0 Å². The van der Waals surface area contributed by atoms with Crippen molar-refractivity contribution in [1.82, 2.24) is 10.2 Å². The first-order valence-electron chi connectivity index (χ1n) is 5.39. The van der Waals surface area contributed by atoms with E-state index in [9.17, 15) is 14.4 Å². The van der Waals surface area contributed by atoms with Crippen molar-refractivity contribution in [2.24, 2.45) is 11.7 Å². The Bertz CT molecular complexity index is 385. The van der Waals surface area contributed by atoms with E-state index >= 15 is 0 Å². The molecule has 0 aromatic carbocycles. The molecule has 1 saturated heterocycles. The fraction of sp³-hybridized carbons (Fsp3) is 0.600. The van der Waals surface area contributed by atoms with Gasteiger partial charge in [-0.25, -0.2) is 0 Å². The molecular weight excluding hydrogens is 258 g/mol. The van der Waals surface area contributed by atoms with Gasteiger partial charge in [0.05, 0.1) is 24.6 Å². The summed E-state index contributed by atoms with van der Waals surface area (Å²) in [5, 5.41) is 2.30. The molecule has 1 heterocycles. The Labute approximate surface area is 110 Å². The zero-order valence-electron chi connectivity index (χ0n) is 9.97. The van der Waals surface area contributed by atoms with Crippen molar-refractivity contribution in [3.05, 3.63) is 0 Å². The zero-order chi connectivity index (χ0) is 13.7. The van der Waals surface area contributed by atoms with Gasteiger partial charge in [0.1, 0.15) is 0 Å². The number of esters is 1. The van der Waals surface area contributed by atoms with Gasteiger partial charge in [0.15, 0.2) is 0 Å². The second-order valence-electron chi connectivity index (χ2n) is 3.91. The van der Waals surface area contributed by atoms with E-state index in [1.54, 1.807) is 0 Å². The number of hydrogen-bond acceptors (Lipinski definition) is 5. The van der Waals surface area contributed by atoms with E-state index in [4.69, 9.17) is 5.73 Å². The van der Waals surface area contributed by atoms with Gasteiger partial charge < -0.3 is 20.7 Å². The summed E-state index contributed by atoms with van der Waals surface area (Å²) in [6, 6.07) is 0. The standard InChI is InChI=1S/C10H15N3O4S/c1-17-10(16)6-2-3-13(5-6)9(15)8(14)12-4-7(11)18/h6H,2-5H2,1H3,(H2,11,18)(H,12,14). The molecule has 100 valence electrons. The van der Waals surface area contributed by atoms with Crippen LogP contribution in [-0.4, -0.2) is 54.4 Å². The fourth-order valence-corrected chi connectivity index (χ4v) is 1.76. The third-order valence-electron chi connectivity index (χ3n) is 2.63. The fourth-order valence-electron chi connectivity index (χ4n) is 1.69. The number of nitrogens with zero attached hydrogens (tertiary/aromatic N) is 1. The van der Waals surface area contributed by atoms with E-state index in [0.717, 1.165) is 0 Å². The lowest BCUT2D eigenvalue weighted by molar-refractivity contribution is -0.147. The van der Waals surface area contributed by atoms with Crippen molar-refractivity contribution in [1.29, 1.82) is 0 Å². The van der Waals surface area contributed by atoms with Crippen LogP contribution in [0.4, 0.5) is 0 Å². The van der Waals surface area contributed by atoms with Gasteiger partial charge in [-0.2, -0.15) is 0 Å². The first kappa shape index (κ1) is 14.4. The molecule has 1 fully saturated rings. The maximum atomic E-state index is 11.7. The number of nitrogens with two attached hydrogens (primary N) is 1. The number of nitrogens with one attached hydrogen (secondary N) is 1. The minimum Gasteiger partial charge on any atom is -0.469 e. The second kappa shape index (κ2) is 6.29. The van der Waals surface area contributed by atoms with E-state index in [0.29, 0.717) is 13.0 Å². The van der Waals surface area contributed by atoms with Crippen molar-refractivity contribution >= 4 is 35.0 Å². The van der Waals surface area contributed by atoms with Gasteiger partial charge in [-0.1, -0.05) is 12.2 Å². The molecule has 0 bridgehead atoms. The first-order chi connectivity index (χ1) is 8.45. The number of thiocarbonyl (C=S) groups is 1. The van der Waals surface area contributed by atoms with Crippen molar-refractivity contribution in [3.63, 3.8) is 0 Å². The smallest absolute Gasteiger partial charge is 0.311 e. The largest absolute Gasteiger partial charge is 0.469 e. The highest BCUT2D eigenvalue weighted by atomic mass is 32.1. The van der Waals surface area contributed by atoms with Crippen LogP contribution in [0.25, 0.3) is 0 Å². The number of methoxy groups -OCH3 is 1. The molecular formula is C10H15N3O4S. The van der Waals surface area contributed by atoms with E-state index in [-0.39, 0.29) is 30.0 Å². The molecule has 2 amide bonds. The lowest BCUT2D eigenvalue weighted by atomic mass is 10.1. The molecule has 7 nitrogen and oxygen atoms in total. The highest BCUT2D eigenvalue weighted by molar-refractivity contribution is 7.80. The molecule has 1 unspecified atom stereocenters. The molecule has 1 aliphatic rings. The quantitative estimate of drug-likeness (QED) is 0.365. The van der Waals surface area contributed by atoms with Gasteiger partial charge in [0.2, 0.25) is 0 Å². The molecule has 0 aliphatic carbocycles. The average Bonchev–Trinajstić information content (AvgIpc) is 2.83. The molecule has 0 aromatic rings. The topological polar surface area (TPSA) is 102 Å². The lowest BCUT2D eigenvalue weighted by Gasteiger charge is -2.15. The van der Waals surface area contributed by atoms with Crippen LogP contribution < -0.4 is 11.1 Å². The van der Waals surface area contributed by atoms with Gasteiger partial charge in [-0.15, -0.1) is 0 Å². The SMILES string of the molecule is COC(=O)C1CCN(C(=O)C(=O)NCC(N)=S)C1. The number of ether oxygens (including phenoxy) is 1. The lowest BCUT2D eigenvalue weighted by Crippen LogP contribution is -2.44. The third-order valence-corrected chi connectivity index (χ3v) is 2.77. The first-order valence-corrected chi connectivity index (χ1v) is 5.79. The number of carbonyl (C=O) groups excluding carboxylic acids is 3. The van der Waals surface area contributed by atoms with Gasteiger partial charge in [-0.05, 0) is 6.42 Å². The van der Waals surface area contributed by atoms with Crippen molar-refractivity contribution in [3.8, 4) is 0 Å². The molecule has 1 aliphatic heterocycles. The molecule has 0 radical (unpaired) electrons. The van der Waals surface area contributed by atoms with Crippen LogP contribution in [0.15, 0.2) is 0 Å². The van der Waals surface area contributed by atoms with Gasteiger partial charge >= 0.3 is 17.8 Å². The molecule has 1 rings (SSSR count). The summed E-state index contributed by atoms with van der Waals surface area (Å²) in [5.74, 6) is -2.18. The summed E-state index contributed by atoms with van der Waals surface area (Å²) < 4.78 is 4.59. The van der Waals surface area contributed by atoms with Crippen LogP contribution in [-0.2, 0) is 19.1 Å². The van der Waals surface area contributed by atoms with Crippen LogP contribution >= 0.6 is 12.2 Å². The van der Waals surface area contributed by atoms with Crippen LogP contribution in [0.2, 0.25) is 0 Å². The van der Waals surface area contributed by atoms with Gasteiger partial charge in [0.25, 0.3) is 0 Å². The van der Waals surface area contributed by atoms with Crippen LogP contribution in [0.1, 0.15) is 6.42 Å². The summed E-state index contributed by atoms with van der Waals surface area (Å²) in [6.07, 6.45) is 0.501. The average molecular weight is 273 g/mol. The molecule has 18 heavy (non-hydrogen) atoms. The Morgan fingerprint density at radius 3 is 2.72 bits per heavy atom. The number of amides is 2.